The Hall–Kier alpha value is -3.12. The van der Waals surface area contributed by atoms with Gasteiger partial charge in [0.1, 0.15) is 0 Å². The fourth-order valence-corrected chi connectivity index (χ4v) is 2.29. The van der Waals surface area contributed by atoms with E-state index in [4.69, 9.17) is 16.3 Å². The molecule has 1 N–H and O–H groups in total. The molecule has 2 aromatic carbocycles. The number of methoxy groups -OCH3 is 1. The highest BCUT2D eigenvalue weighted by Crippen LogP contribution is 2.11. The van der Waals surface area contributed by atoms with Crippen molar-refractivity contribution in [2.24, 2.45) is 0 Å². The van der Waals surface area contributed by atoms with Gasteiger partial charge in [-0.25, -0.2) is 9.59 Å². The maximum absolute atomic E-state index is 11.8. The van der Waals surface area contributed by atoms with E-state index in [2.05, 4.69) is 10.1 Å². The van der Waals surface area contributed by atoms with Crippen LogP contribution in [-0.4, -0.2) is 31.6 Å². The van der Waals surface area contributed by atoms with Crippen LogP contribution < -0.4 is 5.32 Å². The van der Waals surface area contributed by atoms with Crippen LogP contribution >= 0.6 is 11.6 Å². The Kier molecular flexibility index (Phi) is 7.58. The molecular weight excluding hydrogens is 370 g/mol. The maximum Gasteiger partial charge on any atom is 0.337 e. The predicted molar refractivity (Wildman–Crippen MR) is 101 cm³/mol. The van der Waals surface area contributed by atoms with Crippen molar-refractivity contribution in [2.45, 2.75) is 6.54 Å². The standard InChI is InChI=1S/C20H18ClNO5/c1-26-20(25)16-8-5-15(6-9-16)12-22-18(23)13-27-19(24)10-7-14-3-2-4-17(21)11-14/h2-11H,12-13H2,1H3,(H,22,23)/b10-7+. The number of esters is 2. The Balaban J connectivity index is 1.74. The molecule has 0 unspecified atom stereocenters. The summed E-state index contributed by atoms with van der Waals surface area (Å²) in [4.78, 5) is 34.7. The predicted octanol–water partition coefficient (Wildman–Crippen LogP) is 3.00. The van der Waals surface area contributed by atoms with Crippen molar-refractivity contribution in [3.8, 4) is 0 Å². The van der Waals surface area contributed by atoms with Gasteiger partial charge >= 0.3 is 11.9 Å². The van der Waals surface area contributed by atoms with E-state index in [9.17, 15) is 14.4 Å². The van der Waals surface area contributed by atoms with E-state index in [1.54, 1.807) is 54.6 Å². The summed E-state index contributed by atoms with van der Waals surface area (Å²) in [6.07, 6.45) is 2.78. The van der Waals surface area contributed by atoms with E-state index in [0.717, 1.165) is 11.1 Å². The highest BCUT2D eigenvalue weighted by atomic mass is 35.5. The second-order valence-electron chi connectivity index (χ2n) is 5.46. The van der Waals surface area contributed by atoms with Gasteiger partial charge in [0.25, 0.3) is 5.91 Å². The van der Waals surface area contributed by atoms with Crippen molar-refractivity contribution < 1.29 is 23.9 Å². The van der Waals surface area contributed by atoms with Gasteiger partial charge in [-0.3, -0.25) is 4.79 Å². The number of nitrogens with one attached hydrogen (secondary N) is 1. The van der Waals surface area contributed by atoms with Crippen LogP contribution in [0.25, 0.3) is 6.08 Å². The van der Waals surface area contributed by atoms with Crippen molar-refractivity contribution in [1.82, 2.24) is 5.32 Å². The molecule has 0 aliphatic rings. The average Bonchev–Trinajstić information content (AvgIpc) is 2.69. The molecule has 7 heteroatoms. The molecule has 0 saturated carbocycles. The summed E-state index contributed by atoms with van der Waals surface area (Å²) in [5.41, 5.74) is 1.97. The third-order valence-electron chi connectivity index (χ3n) is 3.47. The van der Waals surface area contributed by atoms with Gasteiger partial charge in [0.05, 0.1) is 12.7 Å². The van der Waals surface area contributed by atoms with E-state index >= 15 is 0 Å². The van der Waals surface area contributed by atoms with Crippen LogP contribution in [0.4, 0.5) is 0 Å². The normalized spacial score (nSPS) is 10.4. The lowest BCUT2D eigenvalue weighted by Gasteiger charge is -2.06. The minimum atomic E-state index is -0.632. The molecule has 0 heterocycles. The van der Waals surface area contributed by atoms with Gasteiger partial charge in [0.2, 0.25) is 0 Å². The highest BCUT2D eigenvalue weighted by molar-refractivity contribution is 6.30. The number of carbonyl (C=O) groups is 3. The van der Waals surface area contributed by atoms with Crippen LogP contribution in [0.5, 0.6) is 0 Å². The molecule has 2 rings (SSSR count). The summed E-state index contributed by atoms with van der Waals surface area (Å²) in [5, 5.41) is 3.18. The van der Waals surface area contributed by atoms with Crippen LogP contribution in [0.15, 0.2) is 54.6 Å². The van der Waals surface area contributed by atoms with Gasteiger partial charge in [-0.1, -0.05) is 35.9 Å². The summed E-state index contributed by atoms with van der Waals surface area (Å²) in [5.74, 6) is -1.49. The van der Waals surface area contributed by atoms with E-state index in [0.29, 0.717) is 10.6 Å². The Bertz CT molecular complexity index is 846. The summed E-state index contributed by atoms with van der Waals surface area (Å²) in [6, 6.07) is 13.6. The van der Waals surface area contributed by atoms with Crippen molar-refractivity contribution in [2.75, 3.05) is 13.7 Å². The smallest absolute Gasteiger partial charge is 0.337 e. The van der Waals surface area contributed by atoms with Gasteiger partial charge in [-0.05, 0) is 41.5 Å². The third-order valence-corrected chi connectivity index (χ3v) is 3.71. The molecule has 0 spiro atoms. The number of hydrogen-bond donors (Lipinski definition) is 1. The van der Waals surface area contributed by atoms with Gasteiger partial charge in [-0.2, -0.15) is 0 Å². The fraction of sp³-hybridized carbons (Fsp3) is 0.150. The second kappa shape index (κ2) is 10.1. The van der Waals surface area contributed by atoms with E-state index < -0.39 is 17.8 Å². The number of halogens is 1. The number of ether oxygens (including phenoxy) is 2. The zero-order valence-corrected chi connectivity index (χ0v) is 15.4. The Morgan fingerprint density at radius 3 is 2.52 bits per heavy atom. The lowest BCUT2D eigenvalue weighted by atomic mass is 10.1. The second-order valence-corrected chi connectivity index (χ2v) is 5.90. The monoisotopic (exact) mass is 387 g/mol. The van der Waals surface area contributed by atoms with Gasteiger partial charge in [0, 0.05) is 17.6 Å². The molecule has 0 fully saturated rings. The molecule has 0 radical (unpaired) electrons. The summed E-state index contributed by atoms with van der Waals surface area (Å²) < 4.78 is 9.49. The van der Waals surface area contributed by atoms with Gasteiger partial charge in [-0.15, -0.1) is 0 Å². The number of amides is 1. The summed E-state index contributed by atoms with van der Waals surface area (Å²) >= 11 is 5.85. The van der Waals surface area contributed by atoms with Gasteiger partial charge in [0.15, 0.2) is 6.61 Å². The highest BCUT2D eigenvalue weighted by Gasteiger charge is 2.07. The van der Waals surface area contributed by atoms with Crippen molar-refractivity contribution in [3.05, 3.63) is 76.3 Å². The first-order valence-corrected chi connectivity index (χ1v) is 8.40. The zero-order chi connectivity index (χ0) is 19.6. The molecule has 0 saturated heterocycles. The van der Waals surface area contributed by atoms with Crippen molar-refractivity contribution in [3.63, 3.8) is 0 Å². The quantitative estimate of drug-likeness (QED) is 0.583. The molecule has 0 bridgehead atoms. The van der Waals surface area contributed by atoms with Crippen LogP contribution in [0, 0.1) is 0 Å². The SMILES string of the molecule is COC(=O)c1ccc(CNC(=O)COC(=O)/C=C/c2cccc(Cl)c2)cc1. The Morgan fingerprint density at radius 1 is 1.11 bits per heavy atom. The molecule has 2 aromatic rings. The number of carbonyl (C=O) groups excluding carboxylic acids is 3. The lowest BCUT2D eigenvalue weighted by Crippen LogP contribution is -2.28. The molecule has 27 heavy (non-hydrogen) atoms. The summed E-state index contributed by atoms with van der Waals surface area (Å²) in [6.45, 7) is -0.144. The van der Waals surface area contributed by atoms with E-state index in [1.165, 1.54) is 13.2 Å². The fourth-order valence-electron chi connectivity index (χ4n) is 2.09. The van der Waals surface area contributed by atoms with Crippen LogP contribution in [0.2, 0.25) is 5.02 Å². The molecule has 1 amide bonds. The lowest BCUT2D eigenvalue weighted by molar-refractivity contribution is -0.143. The molecule has 0 aromatic heterocycles. The maximum atomic E-state index is 11.8. The van der Waals surface area contributed by atoms with E-state index in [-0.39, 0.29) is 13.2 Å². The van der Waals surface area contributed by atoms with Crippen molar-refractivity contribution >= 4 is 35.5 Å². The number of benzene rings is 2. The molecular formula is C20H18ClNO5. The van der Waals surface area contributed by atoms with E-state index in [1.807, 2.05) is 0 Å². The van der Waals surface area contributed by atoms with Crippen LogP contribution in [0.1, 0.15) is 21.5 Å². The first-order chi connectivity index (χ1) is 13.0. The molecule has 6 nitrogen and oxygen atoms in total. The molecule has 0 atom stereocenters. The number of rotatable bonds is 7. The van der Waals surface area contributed by atoms with Crippen LogP contribution in [-0.2, 0) is 25.6 Å². The first kappa shape index (κ1) is 20.2. The molecule has 0 aliphatic heterocycles. The third kappa shape index (κ3) is 6.95. The average molecular weight is 388 g/mol. The Labute approximate surface area is 161 Å². The van der Waals surface area contributed by atoms with Crippen molar-refractivity contribution in [1.29, 1.82) is 0 Å². The minimum absolute atomic E-state index is 0.246. The zero-order valence-electron chi connectivity index (χ0n) is 14.6. The van der Waals surface area contributed by atoms with Gasteiger partial charge < -0.3 is 14.8 Å². The van der Waals surface area contributed by atoms with Crippen LogP contribution in [0.3, 0.4) is 0 Å². The largest absolute Gasteiger partial charge is 0.465 e. The molecule has 140 valence electrons. The molecule has 0 aliphatic carbocycles. The Morgan fingerprint density at radius 2 is 1.85 bits per heavy atom. The number of hydrogen-bond acceptors (Lipinski definition) is 5. The topological polar surface area (TPSA) is 81.7 Å². The summed E-state index contributed by atoms with van der Waals surface area (Å²) in [7, 11) is 1.31. The first-order valence-electron chi connectivity index (χ1n) is 8.02. The minimum Gasteiger partial charge on any atom is -0.465 e.